The third kappa shape index (κ3) is 172. The summed E-state index contributed by atoms with van der Waals surface area (Å²) in [6.07, 6.45) is 23.4. The van der Waals surface area contributed by atoms with Crippen molar-refractivity contribution in [2.45, 2.75) is 264 Å². The van der Waals surface area contributed by atoms with E-state index < -0.39 is 7.14 Å². The molecule has 0 saturated carbocycles. The maximum atomic E-state index is 10.7. The van der Waals surface area contributed by atoms with Gasteiger partial charge in [0.05, 0.1) is 25.4 Å². The van der Waals surface area contributed by atoms with Crippen LogP contribution in [0.2, 0.25) is 0 Å². The Morgan fingerprint density at radius 1 is 0.416 bits per heavy atom. The zero-order valence-corrected chi connectivity index (χ0v) is 111. The van der Waals surface area contributed by atoms with E-state index in [0.29, 0.717) is 11.3 Å². The molecule has 0 bridgehead atoms. The number of nitriles is 2. The Bertz CT molecular complexity index is 2880. The molecule has 0 aliphatic carbocycles. The van der Waals surface area contributed by atoms with Gasteiger partial charge in [0.1, 0.15) is 35.6 Å². The van der Waals surface area contributed by atoms with Crippen molar-refractivity contribution in [3.05, 3.63) is 208 Å². The summed E-state index contributed by atoms with van der Waals surface area (Å²) in [5.41, 5.74) is 12.5. The fraction of sp³-hybridized carbons (Fsp3) is 0.472. The van der Waals surface area contributed by atoms with Crippen LogP contribution in [0.25, 0.3) is 16.7 Å². The van der Waals surface area contributed by atoms with Crippen molar-refractivity contribution < 1.29 is 432 Å². The largest absolute Gasteiger partial charge is 0.508 e. The van der Waals surface area contributed by atoms with Crippen LogP contribution in [0, 0.1) is 22.7 Å². The van der Waals surface area contributed by atoms with Gasteiger partial charge in [-0.25, -0.2) is 0 Å². The number of nitrogens with zero attached hydrogens (tertiary/aromatic N) is 2. The molecule has 10 nitrogen and oxygen atoms in total. The van der Waals surface area contributed by atoms with Crippen LogP contribution in [0.5, 0.6) is 23.0 Å². The molecular weight excluding hydrogens is 2400 g/mol. The molecule has 0 heterocycles. The number of benzene rings is 4. The Morgan fingerprint density at radius 2 is 0.673 bits per heavy atom. The number of hydrogen-bond acceptors (Lipinski definition) is 10. The molecule has 0 saturated heterocycles. The Morgan fingerprint density at radius 3 is 0.823 bits per heavy atom. The predicted octanol–water partition coefficient (Wildman–Crippen LogP) is 30.3. The number of phenols is 4. The number of allylic oxidation sites excluding steroid dienone is 18. The summed E-state index contributed by atoms with van der Waals surface area (Å²) in [4.78, 5) is 30.5. The molecule has 4 aromatic carbocycles. The van der Waals surface area contributed by atoms with E-state index in [4.69, 9.17) is 25.8 Å². The minimum Gasteiger partial charge on any atom is -0.508 e. The van der Waals surface area contributed by atoms with Gasteiger partial charge in [-0.05, 0) is 217 Å². The van der Waals surface area contributed by atoms with Crippen molar-refractivity contribution in [1.82, 2.24) is 0 Å². The molecule has 620 valence electrons. The first kappa shape index (κ1) is 204. The molecule has 24 heteroatoms. The molecule has 0 spiro atoms. The number of alkyl halides is 1. The molecule has 0 atom stereocenters. The number of ketones is 1. The van der Waals surface area contributed by atoms with Gasteiger partial charge in [0.25, 0.3) is 0 Å². The number of carbonyl (C=O) groups is 3. The summed E-state index contributed by atoms with van der Waals surface area (Å²) in [6, 6.07) is 31.0. The van der Waals surface area contributed by atoms with Gasteiger partial charge in [0.2, 0.25) is 0 Å². The number of aromatic hydroxyl groups is 4. The molecule has 0 amide bonds. The SMILES string of the molecule is C.C.C.C.C/C(=C\C#N)c1cccc(O)c1.C/C(=C\C=O)c1cccc(O)c1.C/C=C(C)/C=C/C=C(\C)c1cccc(O)c1.C/C=C(\C)C=O.C/C=C(\C)CBr.C/C=C(\C)CC.C/C=C(\C)CC.CC.CC.CC.CC.CC.CC.CC.CC.CC(=O)c1cccc(O)c1.CP(C)(=O)CC#N.[Y].[Y].[Y].[Y].[Y].[Y].[Y].[Y].[Y].[Y].[Y].[Y]. The second kappa shape index (κ2) is 171. The Kier molecular flexibility index (Phi) is 310. The minimum absolute atomic E-state index is 0. The second-order valence-electron chi connectivity index (χ2n) is 18.2. The molecule has 0 aliphatic heterocycles. The molecule has 4 rings (SSSR count). The van der Waals surface area contributed by atoms with E-state index in [9.17, 15) is 24.1 Å². The third-order valence-electron chi connectivity index (χ3n) is 10.8. The van der Waals surface area contributed by atoms with Crippen LogP contribution in [0.4, 0.5) is 0 Å². The van der Waals surface area contributed by atoms with Gasteiger partial charge in [0, 0.05) is 409 Å². The van der Waals surface area contributed by atoms with Gasteiger partial charge in [-0.1, -0.05) is 290 Å². The van der Waals surface area contributed by atoms with Crippen LogP contribution in [0.1, 0.15) is 291 Å². The van der Waals surface area contributed by atoms with E-state index in [2.05, 4.69) is 102 Å². The molecule has 0 fully saturated rings. The maximum absolute atomic E-state index is 10.7. The summed E-state index contributed by atoms with van der Waals surface area (Å²) < 4.78 is 10.6. The first-order valence-electron chi connectivity index (χ1n) is 34.4. The molecule has 0 unspecified atom stereocenters. The molecule has 0 aliphatic rings. The first-order chi connectivity index (χ1) is 46.1. The predicted molar refractivity (Wildman–Crippen MR) is 469 cm³/mol. The van der Waals surface area contributed by atoms with Gasteiger partial charge in [-0.15, -0.1) is 0 Å². The standard InChI is InChI=1S/C15H18O.C10H9NO.C10H10O2.C8H8O2.2C6H12.C5H9Br.C5H8O.C4H8NOP.8C2H6.4CH4.12Y/c1-4-12(2)7-5-8-13(3)14-9-6-10-15(16)11-14;2*1-8(5-6-11)9-3-2-4-10(12)7-9;1-6(9)7-3-2-4-8(10)5-7;2*1-4-6(3)5-2;2*1-3-5(2)4-6;1-7(2,6)4-3-5;8*1-2;;;;;;;;;;;;;;;;/h4-11,16H,1-3H3;2-5,7,12H,1H3;2-7,12H,1H3;2-5,10H,1H3;2*4H,5H2,1-3H3;3H,4H2,1-2H3;3-4H,1-2H3;4H2,1-2H3;8*1-2H3;4*1H4;;;;;;;;;;;;/b7-5+,12-4+,13-8+;2*8-5+;;2*6-4+;2*5-3+;;;;;;;;;;;;;;;;;;;;;;;;;. The number of phenolic OH excluding ortho intramolecular Hbond substituents is 4. The zero-order chi connectivity index (χ0) is 79.4. The molecule has 4 aromatic rings. The van der Waals surface area contributed by atoms with Gasteiger partial charge < -0.3 is 25.0 Å². The van der Waals surface area contributed by atoms with E-state index in [0.717, 1.165) is 56.9 Å². The summed E-state index contributed by atoms with van der Waals surface area (Å²) in [5.74, 6) is 0.840. The Labute approximate surface area is 1010 Å². The molecular formula is C89H158BrN2O8PY12. The number of hydrogen-bond donors (Lipinski definition) is 4. The minimum atomic E-state index is -2.03. The monoisotopic (exact) mass is 2560 g/mol. The number of Topliss-reactive ketones (excluding diaryl/α,β-unsaturated/α-hetero) is 1. The number of rotatable bonds is 12. The van der Waals surface area contributed by atoms with Crippen molar-refractivity contribution in [1.29, 1.82) is 10.5 Å². The molecule has 4 N–H and O–H groups in total. The zero-order valence-electron chi connectivity index (χ0n) is 74.6. The van der Waals surface area contributed by atoms with Crippen LogP contribution < -0.4 is 0 Å². The van der Waals surface area contributed by atoms with Gasteiger partial charge in [-0.3, -0.25) is 14.4 Å². The summed E-state index contributed by atoms with van der Waals surface area (Å²) in [5, 5.41) is 53.9. The van der Waals surface area contributed by atoms with E-state index in [1.165, 1.54) is 66.3 Å². The van der Waals surface area contributed by atoms with Crippen LogP contribution in [-0.2, 0) is 407 Å². The van der Waals surface area contributed by atoms with Crippen molar-refractivity contribution in [3.8, 4) is 35.1 Å². The molecule has 0 aromatic heterocycles. The van der Waals surface area contributed by atoms with Crippen molar-refractivity contribution >= 4 is 58.1 Å². The van der Waals surface area contributed by atoms with E-state index in [1.807, 2.05) is 201 Å². The van der Waals surface area contributed by atoms with Crippen LogP contribution >= 0.6 is 23.1 Å². The van der Waals surface area contributed by atoms with Gasteiger partial charge >= 0.3 is 0 Å². The Hall–Kier alpha value is 5.69. The quantitative estimate of drug-likeness (QED) is 0.0155. The number of carbonyl (C=O) groups excluding carboxylic acids is 3. The average molecular weight is 2560 g/mol. The fourth-order valence-electron chi connectivity index (χ4n) is 4.62. The van der Waals surface area contributed by atoms with Crippen LogP contribution in [0.3, 0.4) is 0 Å². The first-order valence-corrected chi connectivity index (χ1v) is 38.3. The second-order valence-corrected chi connectivity index (χ2v) is 22.3. The molecule has 12 radical (unpaired) electrons. The average Bonchev–Trinajstić information content (AvgIpc) is 0.921. The van der Waals surface area contributed by atoms with Crippen LogP contribution in [-0.4, -0.2) is 63.6 Å². The van der Waals surface area contributed by atoms with Gasteiger partial charge in [0.15, 0.2) is 5.78 Å². The normalized spacial score (nSPS) is 8.68. The summed E-state index contributed by atoms with van der Waals surface area (Å²) >= 11 is 3.31. The number of halogens is 1. The summed E-state index contributed by atoms with van der Waals surface area (Å²) in [7, 11) is -2.03. The fourth-order valence-corrected chi connectivity index (χ4v) is 5.28. The topological polar surface area (TPSA) is 197 Å². The van der Waals surface area contributed by atoms with E-state index in [-0.39, 0.29) is 451 Å². The summed E-state index contributed by atoms with van der Waals surface area (Å²) in [6.45, 7) is 66.9. The van der Waals surface area contributed by atoms with Crippen molar-refractivity contribution in [2.75, 3.05) is 24.8 Å². The van der Waals surface area contributed by atoms with E-state index in [1.54, 1.807) is 87.0 Å². The smallest absolute Gasteiger partial charge is 0.159 e. The third-order valence-corrected chi connectivity index (χ3v) is 12.6. The van der Waals surface area contributed by atoms with E-state index >= 15 is 0 Å². The maximum Gasteiger partial charge on any atom is 0.159 e. The number of aldehydes is 2. The Balaban J connectivity index is -0.0000000254. The van der Waals surface area contributed by atoms with Crippen LogP contribution in [0.15, 0.2) is 186 Å². The van der Waals surface area contributed by atoms with Crippen molar-refractivity contribution in [2.24, 2.45) is 0 Å². The van der Waals surface area contributed by atoms with Crippen molar-refractivity contribution in [3.63, 3.8) is 0 Å². The molecule has 113 heavy (non-hydrogen) atoms. The van der Waals surface area contributed by atoms with Gasteiger partial charge in [-0.2, -0.15) is 10.5 Å².